The van der Waals surface area contributed by atoms with Gasteiger partial charge in [-0.25, -0.2) is 4.39 Å². The summed E-state index contributed by atoms with van der Waals surface area (Å²) in [4.78, 5) is 0. The van der Waals surface area contributed by atoms with Crippen LogP contribution in [-0.4, -0.2) is 19.3 Å². The van der Waals surface area contributed by atoms with E-state index < -0.39 is 0 Å². The Morgan fingerprint density at radius 1 is 1.35 bits per heavy atom. The summed E-state index contributed by atoms with van der Waals surface area (Å²) in [6, 6.07) is 5.34. The summed E-state index contributed by atoms with van der Waals surface area (Å²) in [5.74, 6) is -0.159. The van der Waals surface area contributed by atoms with Gasteiger partial charge in [-0.2, -0.15) is 0 Å². The number of ether oxygens (including phenoxy) is 1. The van der Waals surface area contributed by atoms with Gasteiger partial charge in [-0.3, -0.25) is 0 Å². The van der Waals surface area contributed by atoms with Gasteiger partial charge < -0.3 is 10.1 Å². The van der Waals surface area contributed by atoms with Gasteiger partial charge in [0.1, 0.15) is 5.82 Å². The summed E-state index contributed by atoms with van der Waals surface area (Å²) < 4.78 is 18.8. The third-order valence-electron chi connectivity index (χ3n) is 2.63. The Hall–Kier alpha value is -0.930. The normalized spacial score (nSPS) is 13.1. The molecule has 0 saturated carbocycles. The minimum absolute atomic E-state index is 0.127. The monoisotopic (exact) mass is 239 g/mol. The number of rotatable bonds is 6. The van der Waals surface area contributed by atoms with Crippen molar-refractivity contribution in [2.75, 3.05) is 13.2 Å². The van der Waals surface area contributed by atoms with Crippen LogP contribution in [0.1, 0.15) is 37.9 Å². The second-order valence-electron chi connectivity index (χ2n) is 4.50. The molecule has 0 heterocycles. The zero-order valence-corrected chi connectivity index (χ0v) is 11.1. The Bertz CT molecular complexity index is 352. The Kier molecular flexibility index (Phi) is 5.59. The lowest BCUT2D eigenvalue weighted by atomic mass is 10.0. The van der Waals surface area contributed by atoms with Gasteiger partial charge in [0.2, 0.25) is 0 Å². The molecule has 1 unspecified atom stereocenters. The van der Waals surface area contributed by atoms with Crippen molar-refractivity contribution in [2.24, 2.45) is 0 Å². The summed E-state index contributed by atoms with van der Waals surface area (Å²) in [5, 5.41) is 3.35. The number of aryl methyl sites for hydroxylation is 1. The molecule has 0 amide bonds. The van der Waals surface area contributed by atoms with Crippen molar-refractivity contribution < 1.29 is 9.13 Å². The molecule has 1 aromatic rings. The molecule has 0 fully saturated rings. The van der Waals surface area contributed by atoms with Crippen molar-refractivity contribution in [1.29, 1.82) is 0 Å². The number of halogens is 1. The zero-order valence-electron chi connectivity index (χ0n) is 11.1. The molecule has 0 aliphatic carbocycles. The number of benzene rings is 1. The maximum absolute atomic E-state index is 13.2. The van der Waals surface area contributed by atoms with Gasteiger partial charge in [-0.05, 0) is 44.5 Å². The molecule has 17 heavy (non-hydrogen) atoms. The molecule has 0 aliphatic heterocycles. The minimum atomic E-state index is -0.159. The van der Waals surface area contributed by atoms with Crippen LogP contribution < -0.4 is 5.32 Å². The van der Waals surface area contributed by atoms with Crippen LogP contribution >= 0.6 is 0 Å². The first kappa shape index (κ1) is 14.1. The number of likely N-dealkylation sites (N-methyl/N-ethyl adjacent to an activating group) is 1. The molecule has 0 spiro atoms. The second-order valence-corrected chi connectivity index (χ2v) is 4.50. The lowest BCUT2D eigenvalue weighted by Crippen LogP contribution is -2.26. The van der Waals surface area contributed by atoms with Gasteiger partial charge in [-0.15, -0.1) is 0 Å². The Morgan fingerprint density at radius 3 is 2.59 bits per heavy atom. The van der Waals surface area contributed by atoms with E-state index in [4.69, 9.17) is 4.74 Å². The van der Waals surface area contributed by atoms with Gasteiger partial charge in [0.05, 0.1) is 18.8 Å². The van der Waals surface area contributed by atoms with Crippen molar-refractivity contribution in [3.63, 3.8) is 0 Å². The maximum atomic E-state index is 13.2. The predicted molar refractivity (Wildman–Crippen MR) is 68.6 cm³/mol. The standard InChI is InChI=1S/C14H22FNO/c1-5-16-14(9-17-10(2)3)12-6-7-13(15)11(4)8-12/h6-8,10,14,16H,5,9H2,1-4H3. The predicted octanol–water partition coefficient (Wildman–Crippen LogP) is 3.21. The van der Waals surface area contributed by atoms with Crippen LogP contribution in [-0.2, 0) is 4.74 Å². The van der Waals surface area contributed by atoms with Gasteiger partial charge in [0.15, 0.2) is 0 Å². The number of hydrogen-bond acceptors (Lipinski definition) is 2. The molecule has 1 N–H and O–H groups in total. The SMILES string of the molecule is CCNC(COC(C)C)c1ccc(F)c(C)c1. The van der Waals surface area contributed by atoms with E-state index in [1.807, 2.05) is 26.0 Å². The van der Waals surface area contributed by atoms with Crippen LogP contribution in [0.15, 0.2) is 18.2 Å². The fraction of sp³-hybridized carbons (Fsp3) is 0.571. The maximum Gasteiger partial charge on any atom is 0.126 e. The van der Waals surface area contributed by atoms with E-state index in [-0.39, 0.29) is 18.0 Å². The number of nitrogens with one attached hydrogen (secondary N) is 1. The Balaban J connectivity index is 2.77. The van der Waals surface area contributed by atoms with Crippen molar-refractivity contribution >= 4 is 0 Å². The molecule has 0 aliphatic rings. The highest BCUT2D eigenvalue weighted by Crippen LogP contribution is 2.17. The first-order chi connectivity index (χ1) is 8.04. The van der Waals surface area contributed by atoms with Gasteiger partial charge >= 0.3 is 0 Å². The molecule has 1 rings (SSSR count). The highest BCUT2D eigenvalue weighted by atomic mass is 19.1. The molecule has 1 atom stereocenters. The minimum Gasteiger partial charge on any atom is -0.377 e. The van der Waals surface area contributed by atoms with E-state index in [1.165, 1.54) is 6.07 Å². The van der Waals surface area contributed by atoms with E-state index in [0.717, 1.165) is 12.1 Å². The van der Waals surface area contributed by atoms with Crippen molar-refractivity contribution in [1.82, 2.24) is 5.32 Å². The molecule has 3 heteroatoms. The molecule has 1 aromatic carbocycles. The van der Waals surface area contributed by atoms with Crippen molar-refractivity contribution in [2.45, 2.75) is 39.8 Å². The first-order valence-electron chi connectivity index (χ1n) is 6.15. The summed E-state index contributed by atoms with van der Waals surface area (Å²) >= 11 is 0. The average molecular weight is 239 g/mol. The topological polar surface area (TPSA) is 21.3 Å². The summed E-state index contributed by atoms with van der Waals surface area (Å²) in [6.07, 6.45) is 0.206. The smallest absolute Gasteiger partial charge is 0.126 e. The quantitative estimate of drug-likeness (QED) is 0.823. The van der Waals surface area contributed by atoms with E-state index >= 15 is 0 Å². The van der Waals surface area contributed by atoms with Crippen LogP contribution in [0.25, 0.3) is 0 Å². The average Bonchev–Trinajstić information content (AvgIpc) is 2.28. The Morgan fingerprint density at radius 2 is 2.06 bits per heavy atom. The fourth-order valence-corrected chi connectivity index (χ4v) is 1.69. The van der Waals surface area contributed by atoms with Crippen molar-refractivity contribution in [3.8, 4) is 0 Å². The first-order valence-corrected chi connectivity index (χ1v) is 6.15. The van der Waals surface area contributed by atoms with E-state index in [2.05, 4.69) is 12.2 Å². The lowest BCUT2D eigenvalue weighted by molar-refractivity contribution is 0.0614. The highest BCUT2D eigenvalue weighted by Gasteiger charge is 2.12. The van der Waals surface area contributed by atoms with E-state index in [0.29, 0.717) is 12.2 Å². The van der Waals surface area contributed by atoms with Crippen LogP contribution in [0, 0.1) is 12.7 Å². The summed E-state index contributed by atoms with van der Waals surface area (Å²) in [7, 11) is 0. The molecule has 0 radical (unpaired) electrons. The zero-order chi connectivity index (χ0) is 12.8. The molecule has 96 valence electrons. The summed E-state index contributed by atoms with van der Waals surface area (Å²) in [5.41, 5.74) is 1.75. The highest BCUT2D eigenvalue weighted by molar-refractivity contribution is 5.26. The summed E-state index contributed by atoms with van der Waals surface area (Å²) in [6.45, 7) is 9.33. The molecule has 0 aromatic heterocycles. The molecule has 0 bridgehead atoms. The second kappa shape index (κ2) is 6.72. The van der Waals surface area contributed by atoms with Crippen LogP contribution in [0.3, 0.4) is 0 Å². The van der Waals surface area contributed by atoms with E-state index in [9.17, 15) is 4.39 Å². The van der Waals surface area contributed by atoms with Crippen molar-refractivity contribution in [3.05, 3.63) is 35.1 Å². The van der Waals surface area contributed by atoms with Gasteiger partial charge in [0.25, 0.3) is 0 Å². The largest absolute Gasteiger partial charge is 0.377 e. The Labute approximate surface area is 103 Å². The third-order valence-corrected chi connectivity index (χ3v) is 2.63. The molecular formula is C14H22FNO. The number of hydrogen-bond donors (Lipinski definition) is 1. The third kappa shape index (κ3) is 4.44. The molecule has 2 nitrogen and oxygen atoms in total. The molecular weight excluding hydrogens is 217 g/mol. The van der Waals surface area contributed by atoms with Crippen LogP contribution in [0.5, 0.6) is 0 Å². The van der Waals surface area contributed by atoms with E-state index in [1.54, 1.807) is 6.92 Å². The fourth-order valence-electron chi connectivity index (χ4n) is 1.69. The van der Waals surface area contributed by atoms with Crippen LogP contribution in [0.2, 0.25) is 0 Å². The van der Waals surface area contributed by atoms with Gasteiger partial charge in [-0.1, -0.05) is 19.1 Å². The van der Waals surface area contributed by atoms with Crippen LogP contribution in [0.4, 0.5) is 4.39 Å². The lowest BCUT2D eigenvalue weighted by Gasteiger charge is -2.20. The molecule has 0 saturated heterocycles. The van der Waals surface area contributed by atoms with Gasteiger partial charge in [0, 0.05) is 0 Å².